The molecular weight excluding hydrogens is 378 g/mol. The van der Waals surface area contributed by atoms with Crippen LogP contribution in [0, 0.1) is 0 Å². The lowest BCUT2D eigenvalue weighted by Crippen LogP contribution is -2.16. The maximum absolute atomic E-state index is 12.5. The molecule has 0 fully saturated rings. The number of ether oxygens (including phenoxy) is 5. The van der Waals surface area contributed by atoms with Crippen LogP contribution in [0.2, 0.25) is 0 Å². The molecule has 0 unspecified atom stereocenters. The fourth-order valence-electron chi connectivity index (χ4n) is 2.77. The van der Waals surface area contributed by atoms with Crippen LogP contribution in [0.3, 0.4) is 0 Å². The zero-order valence-corrected chi connectivity index (χ0v) is 17.2. The number of esters is 1. The Balaban J connectivity index is 2.16. The molecule has 8 heteroatoms. The summed E-state index contributed by atoms with van der Waals surface area (Å²) in [5.74, 6) is 1.09. The van der Waals surface area contributed by atoms with Gasteiger partial charge in [0.2, 0.25) is 5.91 Å². The Morgan fingerprint density at radius 1 is 0.793 bits per heavy atom. The lowest BCUT2D eigenvalue weighted by atomic mass is 10.1. The van der Waals surface area contributed by atoms with Gasteiger partial charge in [-0.05, 0) is 24.1 Å². The number of methoxy groups -OCH3 is 5. The molecule has 0 spiro atoms. The van der Waals surface area contributed by atoms with E-state index in [1.54, 1.807) is 20.3 Å². The molecule has 2 rings (SSSR count). The fraction of sp³-hybridized carbons (Fsp3) is 0.333. The third kappa shape index (κ3) is 5.31. The average molecular weight is 403 g/mol. The first-order chi connectivity index (χ1) is 14.0. The minimum atomic E-state index is -0.596. The zero-order valence-electron chi connectivity index (χ0n) is 17.2. The topological polar surface area (TPSA) is 92.3 Å². The SMILES string of the molecule is COC(=O)c1cc(OC)c(OC)cc1NC(=O)CCc1ccc(OC)c(OC)c1. The molecule has 1 N–H and O–H groups in total. The Hall–Kier alpha value is -3.42. The highest BCUT2D eigenvalue weighted by Crippen LogP contribution is 2.34. The molecule has 0 saturated heterocycles. The molecular formula is C21H25NO7. The van der Waals surface area contributed by atoms with E-state index in [1.807, 2.05) is 12.1 Å². The number of carbonyl (C=O) groups excluding carboxylic acids is 2. The Labute approximate surface area is 169 Å². The highest BCUT2D eigenvalue weighted by Gasteiger charge is 2.19. The zero-order chi connectivity index (χ0) is 21.4. The van der Waals surface area contributed by atoms with E-state index in [2.05, 4.69) is 5.32 Å². The number of benzene rings is 2. The fourth-order valence-corrected chi connectivity index (χ4v) is 2.77. The van der Waals surface area contributed by atoms with Gasteiger partial charge in [0.05, 0.1) is 46.8 Å². The summed E-state index contributed by atoms with van der Waals surface area (Å²) in [5, 5.41) is 2.74. The summed E-state index contributed by atoms with van der Waals surface area (Å²) >= 11 is 0. The van der Waals surface area contributed by atoms with Gasteiger partial charge in [-0.25, -0.2) is 4.79 Å². The van der Waals surface area contributed by atoms with E-state index in [9.17, 15) is 9.59 Å². The van der Waals surface area contributed by atoms with E-state index in [-0.39, 0.29) is 23.6 Å². The van der Waals surface area contributed by atoms with Crippen molar-refractivity contribution < 1.29 is 33.3 Å². The second-order valence-electron chi connectivity index (χ2n) is 5.98. The van der Waals surface area contributed by atoms with Crippen molar-refractivity contribution in [2.24, 2.45) is 0 Å². The largest absolute Gasteiger partial charge is 0.493 e. The Kier molecular flexibility index (Phi) is 7.70. The normalized spacial score (nSPS) is 10.1. The minimum absolute atomic E-state index is 0.171. The number of aryl methyl sites for hydroxylation is 1. The number of hydrogen-bond acceptors (Lipinski definition) is 7. The average Bonchev–Trinajstić information content (AvgIpc) is 2.76. The first-order valence-corrected chi connectivity index (χ1v) is 8.82. The van der Waals surface area contributed by atoms with Crippen LogP contribution in [-0.4, -0.2) is 47.4 Å². The van der Waals surface area contributed by atoms with Crippen molar-refractivity contribution in [3.8, 4) is 23.0 Å². The van der Waals surface area contributed by atoms with Crippen molar-refractivity contribution in [3.63, 3.8) is 0 Å². The van der Waals surface area contributed by atoms with Gasteiger partial charge >= 0.3 is 5.97 Å². The third-order valence-corrected chi connectivity index (χ3v) is 4.29. The van der Waals surface area contributed by atoms with Gasteiger partial charge < -0.3 is 29.0 Å². The van der Waals surface area contributed by atoms with E-state index in [4.69, 9.17) is 23.7 Å². The van der Waals surface area contributed by atoms with Crippen LogP contribution in [0.5, 0.6) is 23.0 Å². The standard InChI is InChI=1S/C21H25NO7/c1-25-16-8-6-13(10-17(16)26-2)7-9-20(23)22-15-12-19(28-4)18(27-3)11-14(15)21(24)29-5/h6,8,10-12H,7,9H2,1-5H3,(H,22,23). The summed E-state index contributed by atoms with van der Waals surface area (Å²) in [4.78, 5) is 24.6. The molecule has 0 radical (unpaired) electrons. The molecule has 8 nitrogen and oxygen atoms in total. The minimum Gasteiger partial charge on any atom is -0.493 e. The summed E-state index contributed by atoms with van der Waals surface area (Å²) < 4.78 is 25.7. The Bertz CT molecular complexity index is 880. The Morgan fingerprint density at radius 2 is 1.38 bits per heavy atom. The van der Waals surface area contributed by atoms with Gasteiger partial charge in [-0.15, -0.1) is 0 Å². The van der Waals surface area contributed by atoms with Gasteiger partial charge in [-0.3, -0.25) is 4.79 Å². The van der Waals surface area contributed by atoms with Crippen molar-refractivity contribution in [3.05, 3.63) is 41.5 Å². The third-order valence-electron chi connectivity index (χ3n) is 4.29. The predicted octanol–water partition coefficient (Wildman–Crippen LogP) is 3.08. The number of hydrogen-bond donors (Lipinski definition) is 1. The van der Waals surface area contributed by atoms with Crippen LogP contribution in [-0.2, 0) is 16.0 Å². The molecule has 156 valence electrons. The maximum Gasteiger partial charge on any atom is 0.340 e. The second-order valence-corrected chi connectivity index (χ2v) is 5.98. The smallest absolute Gasteiger partial charge is 0.340 e. The van der Waals surface area contributed by atoms with Crippen molar-refractivity contribution in [1.82, 2.24) is 0 Å². The molecule has 0 aliphatic carbocycles. The predicted molar refractivity (Wildman–Crippen MR) is 107 cm³/mol. The van der Waals surface area contributed by atoms with Crippen molar-refractivity contribution in [1.29, 1.82) is 0 Å². The Morgan fingerprint density at radius 3 is 1.97 bits per heavy atom. The summed E-state index contributed by atoms with van der Waals surface area (Å²) in [6.45, 7) is 0. The number of anilines is 1. The highest BCUT2D eigenvalue weighted by atomic mass is 16.5. The first kappa shape index (κ1) is 21.9. The molecule has 0 heterocycles. The molecule has 0 aliphatic heterocycles. The van der Waals surface area contributed by atoms with Crippen molar-refractivity contribution >= 4 is 17.6 Å². The first-order valence-electron chi connectivity index (χ1n) is 8.82. The monoisotopic (exact) mass is 403 g/mol. The highest BCUT2D eigenvalue weighted by molar-refractivity contribution is 6.02. The van der Waals surface area contributed by atoms with Gasteiger partial charge in [-0.2, -0.15) is 0 Å². The molecule has 0 saturated carbocycles. The van der Waals surface area contributed by atoms with E-state index >= 15 is 0 Å². The summed E-state index contributed by atoms with van der Waals surface area (Å²) in [7, 11) is 7.31. The van der Waals surface area contributed by atoms with Crippen LogP contribution >= 0.6 is 0 Å². The molecule has 29 heavy (non-hydrogen) atoms. The van der Waals surface area contributed by atoms with Gasteiger partial charge in [0.15, 0.2) is 23.0 Å². The lowest BCUT2D eigenvalue weighted by molar-refractivity contribution is -0.116. The molecule has 0 atom stereocenters. The lowest BCUT2D eigenvalue weighted by Gasteiger charge is -2.15. The molecule has 2 aromatic rings. The van der Waals surface area contributed by atoms with Crippen LogP contribution < -0.4 is 24.3 Å². The van der Waals surface area contributed by atoms with E-state index in [0.717, 1.165) is 5.56 Å². The number of amides is 1. The van der Waals surface area contributed by atoms with Crippen LogP contribution in [0.1, 0.15) is 22.3 Å². The number of rotatable bonds is 9. The molecule has 0 bridgehead atoms. The van der Waals surface area contributed by atoms with Gasteiger partial charge in [-0.1, -0.05) is 6.07 Å². The molecule has 0 aromatic heterocycles. The van der Waals surface area contributed by atoms with E-state index in [0.29, 0.717) is 29.4 Å². The van der Waals surface area contributed by atoms with E-state index < -0.39 is 5.97 Å². The van der Waals surface area contributed by atoms with Crippen LogP contribution in [0.25, 0.3) is 0 Å². The van der Waals surface area contributed by atoms with Crippen LogP contribution in [0.15, 0.2) is 30.3 Å². The summed E-state index contributed by atoms with van der Waals surface area (Å²) in [6, 6.07) is 8.47. The van der Waals surface area contributed by atoms with Gasteiger partial charge in [0, 0.05) is 18.6 Å². The molecule has 1 amide bonds. The molecule has 0 aliphatic rings. The quantitative estimate of drug-likeness (QED) is 0.643. The van der Waals surface area contributed by atoms with Gasteiger partial charge in [0.1, 0.15) is 0 Å². The van der Waals surface area contributed by atoms with Crippen molar-refractivity contribution in [2.45, 2.75) is 12.8 Å². The van der Waals surface area contributed by atoms with Gasteiger partial charge in [0.25, 0.3) is 0 Å². The van der Waals surface area contributed by atoms with Crippen molar-refractivity contribution in [2.75, 3.05) is 40.9 Å². The second kappa shape index (κ2) is 10.2. The summed E-state index contributed by atoms with van der Waals surface area (Å²) in [6.07, 6.45) is 0.678. The molecule has 2 aromatic carbocycles. The van der Waals surface area contributed by atoms with Crippen LogP contribution in [0.4, 0.5) is 5.69 Å². The van der Waals surface area contributed by atoms with E-state index in [1.165, 1.54) is 33.5 Å². The number of carbonyl (C=O) groups is 2. The number of nitrogens with one attached hydrogen (secondary N) is 1. The summed E-state index contributed by atoms with van der Waals surface area (Å²) in [5.41, 5.74) is 1.37. The maximum atomic E-state index is 12.5.